The Labute approximate surface area is 238 Å². The van der Waals surface area contributed by atoms with Crippen LogP contribution in [0.1, 0.15) is 23.3 Å². The van der Waals surface area contributed by atoms with E-state index in [2.05, 4.69) is 11.0 Å². The van der Waals surface area contributed by atoms with Gasteiger partial charge in [0.1, 0.15) is 4.83 Å². The highest BCUT2D eigenvalue weighted by molar-refractivity contribution is 7.99. The second kappa shape index (κ2) is 10.4. The van der Waals surface area contributed by atoms with Crippen LogP contribution in [0.25, 0.3) is 26.1 Å². The van der Waals surface area contributed by atoms with Crippen LogP contribution in [0.15, 0.2) is 64.5 Å². The molecule has 2 aliphatic rings. The molecule has 1 aliphatic heterocycles. The molecule has 10 heteroatoms. The van der Waals surface area contributed by atoms with Gasteiger partial charge in [-0.3, -0.25) is 14.2 Å². The quantitative estimate of drug-likeness (QED) is 0.208. The first kappa shape index (κ1) is 24.8. The fourth-order valence-electron chi connectivity index (χ4n) is 5.45. The van der Waals surface area contributed by atoms with Gasteiger partial charge in [0.2, 0.25) is 5.91 Å². The third-order valence-electron chi connectivity index (χ3n) is 7.48. The van der Waals surface area contributed by atoms with Gasteiger partial charge in [-0.15, -0.1) is 11.3 Å². The molecule has 5 aromatic rings. The Hall–Kier alpha value is -3.21. The first-order chi connectivity index (χ1) is 19.2. The predicted octanol–water partition coefficient (Wildman–Crippen LogP) is 5.38. The highest BCUT2D eigenvalue weighted by Gasteiger charge is 2.26. The smallest absolute Gasteiger partial charge is 0.267 e. The third kappa shape index (κ3) is 4.64. The van der Waals surface area contributed by atoms with Crippen molar-refractivity contribution < 1.29 is 4.79 Å². The maximum Gasteiger partial charge on any atom is 0.267 e. The lowest BCUT2D eigenvalue weighted by Gasteiger charge is -2.34. The van der Waals surface area contributed by atoms with Crippen LogP contribution in [-0.4, -0.2) is 57.3 Å². The van der Waals surface area contributed by atoms with Crippen molar-refractivity contribution in [1.82, 2.24) is 19.4 Å². The van der Waals surface area contributed by atoms with Crippen molar-refractivity contribution in [2.45, 2.75) is 30.8 Å². The molecule has 1 saturated heterocycles. The number of aromatic nitrogens is 3. The second-order valence-electron chi connectivity index (χ2n) is 9.88. The molecule has 0 spiro atoms. The molecule has 0 atom stereocenters. The number of carbonyl (C=O) groups excluding carboxylic acids is 1. The summed E-state index contributed by atoms with van der Waals surface area (Å²) in [6.07, 6.45) is 4.23. The van der Waals surface area contributed by atoms with Crippen molar-refractivity contribution in [3.05, 3.63) is 75.4 Å². The van der Waals surface area contributed by atoms with Crippen molar-refractivity contribution in [3.63, 3.8) is 0 Å². The van der Waals surface area contributed by atoms with Gasteiger partial charge < -0.3 is 9.80 Å². The molecule has 7 rings (SSSR count). The van der Waals surface area contributed by atoms with Gasteiger partial charge in [-0.05, 0) is 55.5 Å². The lowest BCUT2D eigenvalue weighted by Crippen LogP contribution is -2.49. The Kier molecular flexibility index (Phi) is 6.62. The minimum absolute atomic E-state index is 0.0231. The molecule has 0 unspecified atom stereocenters. The summed E-state index contributed by atoms with van der Waals surface area (Å²) in [6.45, 7) is 2.83. The largest absolute Gasteiger partial charge is 0.345 e. The van der Waals surface area contributed by atoms with Crippen LogP contribution in [-0.2, 0) is 17.6 Å². The average molecular weight is 574 g/mol. The summed E-state index contributed by atoms with van der Waals surface area (Å²) in [5.41, 5.74) is 2.96. The molecule has 7 nitrogen and oxygen atoms in total. The van der Waals surface area contributed by atoms with E-state index in [9.17, 15) is 9.59 Å². The number of para-hydroxylation sites is 2. The van der Waals surface area contributed by atoms with Crippen molar-refractivity contribution >= 4 is 65.9 Å². The van der Waals surface area contributed by atoms with Crippen LogP contribution in [0.3, 0.4) is 0 Å². The maximum atomic E-state index is 13.9. The number of anilines is 1. The summed E-state index contributed by atoms with van der Waals surface area (Å²) in [6, 6.07) is 17.8. The van der Waals surface area contributed by atoms with Gasteiger partial charge >= 0.3 is 0 Å². The van der Waals surface area contributed by atoms with Crippen LogP contribution in [0.4, 0.5) is 5.13 Å². The van der Waals surface area contributed by atoms with E-state index >= 15 is 0 Å². The number of thioether (sulfide) groups is 1. The predicted molar refractivity (Wildman–Crippen MR) is 161 cm³/mol. The van der Waals surface area contributed by atoms with E-state index in [-0.39, 0.29) is 17.2 Å². The second-order valence-corrected chi connectivity index (χ2v) is 12.9. The number of thiazole rings is 1. The molecular formula is C29H27N5O2S3. The molecule has 0 saturated carbocycles. The van der Waals surface area contributed by atoms with Gasteiger partial charge in [0.05, 0.1) is 27.0 Å². The monoisotopic (exact) mass is 573 g/mol. The van der Waals surface area contributed by atoms with Gasteiger partial charge in [-0.2, -0.15) is 0 Å². The van der Waals surface area contributed by atoms with Gasteiger partial charge in [0, 0.05) is 31.1 Å². The van der Waals surface area contributed by atoms with E-state index in [0.717, 1.165) is 65.3 Å². The summed E-state index contributed by atoms with van der Waals surface area (Å²) >= 11 is 4.71. The number of piperazine rings is 1. The van der Waals surface area contributed by atoms with Crippen LogP contribution < -0.4 is 10.5 Å². The number of nitrogens with zero attached hydrogens (tertiary/aromatic N) is 5. The normalized spacial score (nSPS) is 15.7. The number of hydrogen-bond acceptors (Lipinski definition) is 8. The minimum Gasteiger partial charge on any atom is -0.345 e. The fourth-order valence-corrected chi connectivity index (χ4v) is 8.68. The first-order valence-electron chi connectivity index (χ1n) is 13.3. The highest BCUT2D eigenvalue weighted by Crippen LogP contribution is 2.35. The Balaban J connectivity index is 1.10. The van der Waals surface area contributed by atoms with Crippen molar-refractivity contribution in [1.29, 1.82) is 0 Å². The molecule has 3 aromatic heterocycles. The van der Waals surface area contributed by atoms with Crippen LogP contribution >= 0.6 is 34.4 Å². The molecule has 1 amide bonds. The van der Waals surface area contributed by atoms with E-state index in [4.69, 9.17) is 9.97 Å². The number of amides is 1. The standard InChI is InChI=1S/C29H27N5O2S3/c35-24(32-14-16-33(17-15-32)28-30-21-11-5-7-13-23(21)39-28)18-37-29-31-26-25(20-10-4-6-12-22(20)38-26)27(36)34(29)19-8-2-1-3-9-19/h1-3,5,7-9,11,13H,4,6,10,12,14-18H2. The van der Waals surface area contributed by atoms with Crippen LogP contribution in [0.5, 0.6) is 0 Å². The SMILES string of the molecule is O=C(CSc1nc2sc3c(c2c(=O)n1-c1ccccc1)CCCC3)N1CCN(c2nc3ccccc3s2)CC1. The summed E-state index contributed by atoms with van der Waals surface area (Å²) in [5.74, 6) is 0.320. The highest BCUT2D eigenvalue weighted by atomic mass is 32.2. The summed E-state index contributed by atoms with van der Waals surface area (Å²) < 4.78 is 2.88. The summed E-state index contributed by atoms with van der Waals surface area (Å²) in [5, 5.41) is 2.36. The number of aryl methyl sites for hydroxylation is 2. The Bertz CT molecular complexity index is 1700. The molecule has 39 heavy (non-hydrogen) atoms. The molecule has 1 aliphatic carbocycles. The zero-order valence-corrected chi connectivity index (χ0v) is 23.8. The number of benzene rings is 2. The number of carbonyl (C=O) groups is 1. The number of thiophene rings is 1. The van der Waals surface area contributed by atoms with Gasteiger partial charge in [-0.1, -0.05) is 53.4 Å². The van der Waals surface area contributed by atoms with Crippen molar-refractivity contribution in [3.8, 4) is 5.69 Å². The summed E-state index contributed by atoms with van der Waals surface area (Å²) in [7, 11) is 0. The van der Waals surface area contributed by atoms with E-state index < -0.39 is 0 Å². The van der Waals surface area contributed by atoms with E-state index in [1.807, 2.05) is 53.4 Å². The Morgan fingerprint density at radius 3 is 2.49 bits per heavy atom. The molecule has 0 bridgehead atoms. The molecule has 2 aromatic carbocycles. The fraction of sp³-hybridized carbons (Fsp3) is 0.310. The van der Waals surface area contributed by atoms with E-state index in [0.29, 0.717) is 18.2 Å². The zero-order valence-electron chi connectivity index (χ0n) is 21.3. The molecular weight excluding hydrogens is 547 g/mol. The molecule has 1 fully saturated rings. The Morgan fingerprint density at radius 2 is 1.67 bits per heavy atom. The topological polar surface area (TPSA) is 71.3 Å². The number of fused-ring (bicyclic) bond motifs is 4. The lowest BCUT2D eigenvalue weighted by atomic mass is 9.97. The van der Waals surface area contributed by atoms with Gasteiger partial charge in [-0.25, -0.2) is 9.97 Å². The third-order valence-corrected chi connectivity index (χ3v) is 10.7. The first-order valence-corrected chi connectivity index (χ1v) is 15.9. The van der Waals surface area contributed by atoms with Gasteiger partial charge in [0.15, 0.2) is 10.3 Å². The number of hydrogen-bond donors (Lipinski definition) is 0. The van der Waals surface area contributed by atoms with Crippen molar-refractivity contribution in [2.75, 3.05) is 36.8 Å². The van der Waals surface area contributed by atoms with Crippen molar-refractivity contribution in [2.24, 2.45) is 0 Å². The maximum absolute atomic E-state index is 13.9. The minimum atomic E-state index is -0.0231. The van der Waals surface area contributed by atoms with Crippen LogP contribution in [0.2, 0.25) is 0 Å². The lowest BCUT2D eigenvalue weighted by molar-refractivity contribution is -0.128. The van der Waals surface area contributed by atoms with E-state index in [1.165, 1.54) is 26.9 Å². The number of rotatable bonds is 5. The average Bonchev–Trinajstić information content (AvgIpc) is 3.58. The Morgan fingerprint density at radius 1 is 0.897 bits per heavy atom. The summed E-state index contributed by atoms with van der Waals surface area (Å²) in [4.78, 5) is 43.2. The molecule has 4 heterocycles. The molecule has 0 N–H and O–H groups in total. The molecule has 0 radical (unpaired) electrons. The molecule has 198 valence electrons. The zero-order chi connectivity index (χ0) is 26.3. The van der Waals surface area contributed by atoms with Gasteiger partial charge in [0.25, 0.3) is 5.56 Å². The van der Waals surface area contributed by atoms with E-state index in [1.54, 1.807) is 27.2 Å². The van der Waals surface area contributed by atoms with Crippen LogP contribution in [0, 0.1) is 0 Å².